The lowest BCUT2D eigenvalue weighted by molar-refractivity contribution is -0.385. The van der Waals surface area contributed by atoms with Crippen LogP contribution in [-0.2, 0) is 12.9 Å². The Morgan fingerprint density at radius 1 is 1.52 bits per heavy atom. The van der Waals surface area contributed by atoms with Gasteiger partial charge in [0, 0.05) is 12.6 Å². The molecule has 8 heteroatoms. The molecule has 0 saturated heterocycles. The van der Waals surface area contributed by atoms with E-state index in [0.29, 0.717) is 5.75 Å². The van der Waals surface area contributed by atoms with Gasteiger partial charge in [0.25, 0.3) is 0 Å². The monoisotopic (exact) mass is 335 g/mol. The summed E-state index contributed by atoms with van der Waals surface area (Å²) >= 11 is 5.84. The molecular formula is C15H14ClN3O4. The van der Waals surface area contributed by atoms with Gasteiger partial charge in [-0.15, -0.1) is 11.6 Å². The summed E-state index contributed by atoms with van der Waals surface area (Å²) in [7, 11) is 3.06. The fourth-order valence-corrected chi connectivity index (χ4v) is 2.25. The van der Waals surface area contributed by atoms with E-state index in [1.165, 1.54) is 24.0 Å². The number of nitrogens with zero attached hydrogens (tertiary/aromatic N) is 3. The zero-order valence-corrected chi connectivity index (χ0v) is 13.3. The van der Waals surface area contributed by atoms with E-state index in [-0.39, 0.29) is 17.3 Å². The molecular weight excluding hydrogens is 322 g/mol. The molecule has 23 heavy (non-hydrogen) atoms. The van der Waals surface area contributed by atoms with Crippen molar-refractivity contribution in [1.82, 2.24) is 9.78 Å². The summed E-state index contributed by atoms with van der Waals surface area (Å²) in [5, 5.41) is 14.8. The van der Waals surface area contributed by atoms with Crippen LogP contribution < -0.4 is 4.74 Å². The SMILES string of the molecule is COc1ccc(/C=C/C(=O)c2nn(C)cc2[N+](=O)[O-])cc1CCl. The van der Waals surface area contributed by atoms with E-state index in [9.17, 15) is 14.9 Å². The smallest absolute Gasteiger partial charge is 0.318 e. The van der Waals surface area contributed by atoms with Gasteiger partial charge in [0.15, 0.2) is 0 Å². The number of rotatable bonds is 6. The molecule has 0 aliphatic rings. The first kappa shape index (κ1) is 16.7. The van der Waals surface area contributed by atoms with Crippen LogP contribution in [0, 0.1) is 10.1 Å². The normalized spacial score (nSPS) is 10.9. The van der Waals surface area contributed by atoms with Crippen LogP contribution in [0.15, 0.2) is 30.5 Å². The number of hydrogen-bond donors (Lipinski definition) is 0. The average molecular weight is 336 g/mol. The van der Waals surface area contributed by atoms with E-state index >= 15 is 0 Å². The number of ether oxygens (including phenoxy) is 1. The molecule has 0 bridgehead atoms. The van der Waals surface area contributed by atoms with E-state index < -0.39 is 10.7 Å². The Morgan fingerprint density at radius 3 is 2.87 bits per heavy atom. The molecule has 0 unspecified atom stereocenters. The summed E-state index contributed by atoms with van der Waals surface area (Å²) in [6, 6.07) is 5.28. The second kappa shape index (κ2) is 7.06. The Kier molecular flexibility index (Phi) is 5.13. The van der Waals surface area contributed by atoms with Crippen LogP contribution in [0.5, 0.6) is 5.75 Å². The van der Waals surface area contributed by atoms with Crippen molar-refractivity contribution in [1.29, 1.82) is 0 Å². The van der Waals surface area contributed by atoms with Gasteiger partial charge in [0.05, 0.1) is 17.9 Å². The summed E-state index contributed by atoms with van der Waals surface area (Å²) in [6.45, 7) is 0. The second-order valence-corrected chi connectivity index (χ2v) is 4.96. The number of allylic oxidation sites excluding steroid dienone is 1. The molecule has 0 aliphatic carbocycles. The second-order valence-electron chi connectivity index (χ2n) is 4.70. The highest BCUT2D eigenvalue weighted by atomic mass is 35.5. The molecule has 0 saturated carbocycles. The van der Waals surface area contributed by atoms with Crippen LogP contribution in [0.2, 0.25) is 0 Å². The fourth-order valence-electron chi connectivity index (χ4n) is 2.04. The van der Waals surface area contributed by atoms with Crippen LogP contribution in [0.1, 0.15) is 21.6 Å². The number of alkyl halides is 1. The maximum absolute atomic E-state index is 12.1. The Morgan fingerprint density at radius 2 is 2.26 bits per heavy atom. The highest BCUT2D eigenvalue weighted by molar-refractivity contribution is 6.17. The first-order valence-corrected chi connectivity index (χ1v) is 7.13. The van der Waals surface area contributed by atoms with Crippen LogP contribution in [0.3, 0.4) is 0 Å². The minimum atomic E-state index is -0.632. The van der Waals surface area contributed by atoms with Gasteiger partial charge in [-0.05, 0) is 23.8 Å². The van der Waals surface area contributed by atoms with Crippen molar-refractivity contribution in [3.63, 3.8) is 0 Å². The van der Waals surface area contributed by atoms with E-state index in [2.05, 4.69) is 5.10 Å². The predicted molar refractivity (Wildman–Crippen MR) is 85.8 cm³/mol. The standard InChI is InChI=1S/C15H14ClN3O4/c1-18-9-12(19(21)22)15(17-18)13(20)5-3-10-4-6-14(23-2)11(7-10)8-16/h3-7,9H,8H2,1-2H3/b5-3+. The third kappa shape index (κ3) is 3.75. The molecule has 1 aromatic carbocycles. The van der Waals surface area contributed by atoms with Crippen LogP contribution in [-0.4, -0.2) is 27.6 Å². The molecule has 1 aromatic heterocycles. The van der Waals surface area contributed by atoms with Crippen LogP contribution in [0.25, 0.3) is 6.08 Å². The summed E-state index contributed by atoms with van der Waals surface area (Å²) in [4.78, 5) is 22.4. The minimum Gasteiger partial charge on any atom is -0.496 e. The van der Waals surface area contributed by atoms with Crippen molar-refractivity contribution >= 4 is 29.1 Å². The Hall–Kier alpha value is -2.67. The van der Waals surface area contributed by atoms with Gasteiger partial charge in [-0.25, -0.2) is 0 Å². The number of methoxy groups -OCH3 is 1. The number of ketones is 1. The molecule has 2 aromatic rings. The van der Waals surface area contributed by atoms with E-state index in [4.69, 9.17) is 16.3 Å². The molecule has 0 radical (unpaired) electrons. The first-order chi connectivity index (χ1) is 11.0. The lowest BCUT2D eigenvalue weighted by Crippen LogP contribution is -2.01. The van der Waals surface area contributed by atoms with Crippen LogP contribution in [0.4, 0.5) is 5.69 Å². The Labute approximate surface area is 137 Å². The number of hydrogen-bond acceptors (Lipinski definition) is 5. The number of aromatic nitrogens is 2. The molecule has 2 rings (SSSR count). The third-order valence-corrected chi connectivity index (χ3v) is 3.40. The Bertz CT molecular complexity index is 783. The van der Waals surface area contributed by atoms with Gasteiger partial charge < -0.3 is 4.74 Å². The van der Waals surface area contributed by atoms with Gasteiger partial charge in [-0.1, -0.05) is 12.1 Å². The zero-order chi connectivity index (χ0) is 17.0. The number of carbonyl (C=O) groups excluding carboxylic acids is 1. The first-order valence-electron chi connectivity index (χ1n) is 6.59. The zero-order valence-electron chi connectivity index (χ0n) is 12.5. The average Bonchev–Trinajstić information content (AvgIpc) is 2.94. The van der Waals surface area contributed by atoms with Crippen molar-refractivity contribution < 1.29 is 14.5 Å². The van der Waals surface area contributed by atoms with Crippen molar-refractivity contribution in [3.05, 3.63) is 57.4 Å². The lowest BCUT2D eigenvalue weighted by Gasteiger charge is -2.06. The van der Waals surface area contributed by atoms with Gasteiger partial charge in [-0.2, -0.15) is 5.10 Å². The minimum absolute atomic E-state index is 0.195. The topological polar surface area (TPSA) is 87.3 Å². The van der Waals surface area contributed by atoms with Crippen molar-refractivity contribution in [2.75, 3.05) is 7.11 Å². The van der Waals surface area contributed by atoms with Crippen molar-refractivity contribution in [2.24, 2.45) is 7.05 Å². The Balaban J connectivity index is 2.27. The molecule has 1 heterocycles. The fraction of sp³-hybridized carbons (Fsp3) is 0.200. The van der Waals surface area contributed by atoms with E-state index in [0.717, 1.165) is 11.1 Å². The van der Waals surface area contributed by atoms with Gasteiger partial charge >= 0.3 is 5.69 Å². The summed E-state index contributed by atoms with van der Waals surface area (Å²) in [5.41, 5.74) is 0.999. The molecule has 120 valence electrons. The van der Waals surface area contributed by atoms with Gasteiger partial charge in [0.2, 0.25) is 11.5 Å². The number of halogens is 1. The maximum Gasteiger partial charge on any atom is 0.318 e. The highest BCUT2D eigenvalue weighted by Crippen LogP contribution is 2.23. The van der Waals surface area contributed by atoms with Gasteiger partial charge in [-0.3, -0.25) is 19.6 Å². The maximum atomic E-state index is 12.1. The predicted octanol–water partition coefficient (Wildman–Crippen LogP) is 2.97. The van der Waals surface area contributed by atoms with E-state index in [1.807, 2.05) is 0 Å². The summed E-state index contributed by atoms with van der Waals surface area (Å²) in [5.74, 6) is 0.384. The summed E-state index contributed by atoms with van der Waals surface area (Å²) < 4.78 is 6.40. The van der Waals surface area contributed by atoms with Crippen LogP contribution >= 0.6 is 11.6 Å². The molecule has 0 atom stereocenters. The molecule has 7 nitrogen and oxygen atoms in total. The van der Waals surface area contributed by atoms with E-state index in [1.54, 1.807) is 31.4 Å². The molecule has 0 fully saturated rings. The largest absolute Gasteiger partial charge is 0.496 e. The number of carbonyl (C=O) groups is 1. The highest BCUT2D eigenvalue weighted by Gasteiger charge is 2.22. The van der Waals surface area contributed by atoms with Crippen molar-refractivity contribution in [3.8, 4) is 5.75 Å². The number of nitro groups is 1. The lowest BCUT2D eigenvalue weighted by atomic mass is 10.1. The number of aryl methyl sites for hydroxylation is 1. The number of benzene rings is 1. The third-order valence-electron chi connectivity index (χ3n) is 3.12. The molecule has 0 amide bonds. The molecule has 0 N–H and O–H groups in total. The summed E-state index contributed by atoms with van der Waals surface area (Å²) in [6.07, 6.45) is 3.99. The van der Waals surface area contributed by atoms with Crippen molar-refractivity contribution in [2.45, 2.75) is 5.88 Å². The molecule has 0 aliphatic heterocycles. The van der Waals surface area contributed by atoms with Gasteiger partial charge in [0.1, 0.15) is 11.9 Å². The quantitative estimate of drug-likeness (QED) is 0.266. The molecule has 0 spiro atoms.